The molecule has 0 amide bonds. The van der Waals surface area contributed by atoms with Crippen LogP contribution in [0, 0.1) is 0 Å². The van der Waals surface area contributed by atoms with Gasteiger partial charge < -0.3 is 14.5 Å². The second kappa shape index (κ2) is 4.05. The van der Waals surface area contributed by atoms with Crippen LogP contribution < -0.4 is 0 Å². The Morgan fingerprint density at radius 2 is 2.07 bits per heavy atom. The zero-order chi connectivity index (χ0) is 10.8. The van der Waals surface area contributed by atoms with Crippen LogP contribution in [0.3, 0.4) is 0 Å². The van der Waals surface area contributed by atoms with Crippen molar-refractivity contribution in [1.82, 2.24) is 0 Å². The predicted octanol–water partition coefficient (Wildman–Crippen LogP) is 1.09. The summed E-state index contributed by atoms with van der Waals surface area (Å²) in [5.41, 5.74) is -0.442. The summed E-state index contributed by atoms with van der Waals surface area (Å²) in [6.07, 6.45) is 1.97. The molecule has 0 saturated heterocycles. The number of hydrogen-bond acceptors (Lipinski definition) is 3. The Hall–Kier alpha value is -0.315. The molecule has 4 heteroatoms. The first-order chi connectivity index (χ1) is 6.33. The summed E-state index contributed by atoms with van der Waals surface area (Å²) < 4.78 is 10.7. The van der Waals surface area contributed by atoms with E-state index in [0.717, 1.165) is 5.47 Å². The van der Waals surface area contributed by atoms with Crippen LogP contribution in [0.15, 0.2) is 11.5 Å². The first-order valence-corrected chi connectivity index (χ1v) is 4.83. The van der Waals surface area contributed by atoms with E-state index >= 15 is 0 Å². The van der Waals surface area contributed by atoms with Gasteiger partial charge in [0, 0.05) is 0 Å². The Balaban J connectivity index is 2.43. The fraction of sp³-hybridized carbons (Fsp3) is 0.800. The van der Waals surface area contributed by atoms with Crippen molar-refractivity contribution >= 4 is 7.48 Å². The van der Waals surface area contributed by atoms with Crippen LogP contribution in [-0.2, 0) is 9.39 Å². The summed E-state index contributed by atoms with van der Waals surface area (Å²) >= 11 is 0. The molecule has 1 rings (SSSR count). The first kappa shape index (κ1) is 11.8. The molecule has 0 atom stereocenters. The second-order valence-corrected chi connectivity index (χ2v) is 4.60. The van der Waals surface area contributed by atoms with Crippen LogP contribution in [0.4, 0.5) is 0 Å². The summed E-state index contributed by atoms with van der Waals surface area (Å²) in [7, 11) is 1.67. The van der Waals surface area contributed by atoms with E-state index in [1.807, 2.05) is 19.9 Å². The maximum atomic E-state index is 9.82. The van der Waals surface area contributed by atoms with Crippen LogP contribution in [0.5, 0.6) is 0 Å². The van der Waals surface area contributed by atoms with Gasteiger partial charge in [-0.15, -0.1) is 0 Å². The van der Waals surface area contributed by atoms with Crippen molar-refractivity contribution in [3.63, 3.8) is 0 Å². The van der Waals surface area contributed by atoms with Gasteiger partial charge in [-0.05, 0) is 27.7 Å². The summed E-state index contributed by atoms with van der Waals surface area (Å²) in [4.78, 5) is 0. The number of ether oxygens (including phenoxy) is 1. The summed E-state index contributed by atoms with van der Waals surface area (Å²) in [6.45, 7) is 8.44. The zero-order valence-corrected chi connectivity index (χ0v) is 9.33. The highest BCUT2D eigenvalue weighted by molar-refractivity contribution is 6.38. The molecule has 0 unspecified atom stereocenters. The van der Waals surface area contributed by atoms with Gasteiger partial charge in [0.25, 0.3) is 0 Å². The van der Waals surface area contributed by atoms with Crippen LogP contribution in [0.2, 0.25) is 0 Å². The van der Waals surface area contributed by atoms with Gasteiger partial charge in [-0.3, -0.25) is 0 Å². The lowest BCUT2D eigenvalue weighted by molar-refractivity contribution is -0.0897. The minimum absolute atomic E-state index is 0.599. The maximum Gasteiger partial charge on any atom is 0.328 e. The van der Waals surface area contributed by atoms with Crippen molar-refractivity contribution in [2.24, 2.45) is 0 Å². The van der Waals surface area contributed by atoms with Crippen molar-refractivity contribution in [2.75, 3.05) is 13.2 Å². The van der Waals surface area contributed by atoms with Gasteiger partial charge in [0.2, 0.25) is 0 Å². The molecule has 0 spiro atoms. The Morgan fingerprint density at radius 3 is 2.50 bits per heavy atom. The molecular weight excluding hydrogens is 179 g/mol. The molecule has 1 heterocycles. The van der Waals surface area contributed by atoms with E-state index in [0.29, 0.717) is 13.2 Å². The third-order valence-corrected chi connectivity index (χ3v) is 2.71. The van der Waals surface area contributed by atoms with E-state index in [1.165, 1.54) is 0 Å². The number of hydrogen-bond donors (Lipinski definition) is 1. The van der Waals surface area contributed by atoms with Gasteiger partial charge in [0.1, 0.15) is 0 Å². The molecule has 0 saturated carbocycles. The fourth-order valence-corrected chi connectivity index (χ4v) is 0.851. The normalized spacial score (nSPS) is 18.2. The zero-order valence-electron chi connectivity index (χ0n) is 9.33. The standard InChI is InChI=1S/C10H18BO3/c1-9(2,12)10(3,4)14-11-8-5-6-13-7-8/h5,12H,6-7H2,1-4H3. The van der Waals surface area contributed by atoms with Crippen LogP contribution in [0.25, 0.3) is 0 Å². The number of rotatable bonds is 4. The maximum absolute atomic E-state index is 9.82. The predicted molar refractivity (Wildman–Crippen MR) is 56.1 cm³/mol. The van der Waals surface area contributed by atoms with Gasteiger partial charge >= 0.3 is 7.48 Å². The van der Waals surface area contributed by atoms with Crippen LogP contribution in [0.1, 0.15) is 27.7 Å². The largest absolute Gasteiger partial charge is 0.427 e. The monoisotopic (exact) mass is 197 g/mol. The summed E-state index contributed by atoms with van der Waals surface area (Å²) in [6, 6.07) is 0. The minimum Gasteiger partial charge on any atom is -0.427 e. The highest BCUT2D eigenvalue weighted by Crippen LogP contribution is 2.25. The molecule has 1 radical (unpaired) electrons. The van der Waals surface area contributed by atoms with E-state index in [1.54, 1.807) is 21.3 Å². The highest BCUT2D eigenvalue weighted by atomic mass is 16.5. The highest BCUT2D eigenvalue weighted by Gasteiger charge is 2.35. The molecule has 0 aromatic carbocycles. The lowest BCUT2D eigenvalue weighted by Gasteiger charge is -2.37. The fourth-order valence-electron chi connectivity index (χ4n) is 0.851. The average molecular weight is 197 g/mol. The van der Waals surface area contributed by atoms with Crippen molar-refractivity contribution in [2.45, 2.75) is 38.9 Å². The number of aliphatic hydroxyl groups is 1. The van der Waals surface area contributed by atoms with E-state index in [4.69, 9.17) is 9.39 Å². The summed E-state index contributed by atoms with van der Waals surface area (Å²) in [5, 5.41) is 9.82. The molecule has 0 aliphatic carbocycles. The third-order valence-electron chi connectivity index (χ3n) is 2.71. The lowest BCUT2D eigenvalue weighted by atomic mass is 9.83. The molecule has 79 valence electrons. The molecule has 0 aromatic rings. The minimum atomic E-state index is -0.872. The molecular formula is C10H18BO3. The molecule has 1 N–H and O–H groups in total. The van der Waals surface area contributed by atoms with E-state index in [9.17, 15) is 5.11 Å². The Labute approximate surface area is 86.4 Å². The Kier molecular flexibility index (Phi) is 3.40. The van der Waals surface area contributed by atoms with Gasteiger partial charge in [0.05, 0.1) is 24.4 Å². The van der Waals surface area contributed by atoms with Gasteiger partial charge in [-0.2, -0.15) is 0 Å². The van der Waals surface area contributed by atoms with Crippen molar-refractivity contribution in [1.29, 1.82) is 0 Å². The molecule has 0 aromatic heterocycles. The molecule has 1 aliphatic heterocycles. The van der Waals surface area contributed by atoms with Gasteiger partial charge in [-0.1, -0.05) is 11.5 Å². The molecule has 14 heavy (non-hydrogen) atoms. The SMILES string of the molecule is CC(C)(O)C(C)(C)O[B]C1=CCOC1. The Bertz CT molecular complexity index is 228. The lowest BCUT2D eigenvalue weighted by Crippen LogP contribution is -2.48. The van der Waals surface area contributed by atoms with Gasteiger partial charge in [0.15, 0.2) is 0 Å². The molecule has 0 bridgehead atoms. The van der Waals surface area contributed by atoms with Crippen molar-refractivity contribution < 1.29 is 14.5 Å². The topological polar surface area (TPSA) is 38.7 Å². The summed E-state index contributed by atoms with van der Waals surface area (Å²) in [5.74, 6) is 0. The van der Waals surface area contributed by atoms with Crippen molar-refractivity contribution in [3.05, 3.63) is 11.5 Å². The van der Waals surface area contributed by atoms with E-state index in [2.05, 4.69) is 0 Å². The van der Waals surface area contributed by atoms with Crippen LogP contribution >= 0.6 is 0 Å². The molecule has 0 fully saturated rings. The second-order valence-electron chi connectivity index (χ2n) is 4.60. The third kappa shape index (κ3) is 2.84. The quantitative estimate of drug-likeness (QED) is 0.685. The average Bonchev–Trinajstić information content (AvgIpc) is 2.50. The van der Waals surface area contributed by atoms with E-state index in [-0.39, 0.29) is 0 Å². The first-order valence-electron chi connectivity index (χ1n) is 4.83. The van der Waals surface area contributed by atoms with Gasteiger partial charge in [-0.25, -0.2) is 0 Å². The smallest absolute Gasteiger partial charge is 0.328 e. The van der Waals surface area contributed by atoms with E-state index < -0.39 is 11.2 Å². The Morgan fingerprint density at radius 1 is 1.43 bits per heavy atom. The van der Waals surface area contributed by atoms with Crippen molar-refractivity contribution in [3.8, 4) is 0 Å². The molecule has 1 aliphatic rings. The molecule has 3 nitrogen and oxygen atoms in total. The van der Waals surface area contributed by atoms with Crippen LogP contribution in [-0.4, -0.2) is 37.0 Å².